The quantitative estimate of drug-likeness (QED) is 0.565. The highest BCUT2D eigenvalue weighted by Gasteiger charge is 2.38. The number of carbonyl (C=O) groups is 1. The average molecular weight is 437 g/mol. The van der Waals surface area contributed by atoms with E-state index < -0.39 is 0 Å². The topological polar surface area (TPSA) is 75.9 Å². The monoisotopic (exact) mass is 436 g/mol. The van der Waals surface area contributed by atoms with Crippen LogP contribution in [0.15, 0.2) is 59.8 Å². The molecule has 7 nitrogen and oxygen atoms in total. The third kappa shape index (κ3) is 5.14. The maximum atomic E-state index is 13.3. The Morgan fingerprint density at radius 2 is 2.03 bits per heavy atom. The summed E-state index contributed by atoms with van der Waals surface area (Å²) in [4.78, 5) is 16.6. The lowest BCUT2D eigenvalue weighted by Gasteiger charge is -2.24. The van der Waals surface area contributed by atoms with Crippen molar-refractivity contribution >= 4 is 23.4 Å². The van der Waals surface area contributed by atoms with E-state index >= 15 is 0 Å². The second kappa shape index (κ2) is 9.62. The zero-order valence-electron chi connectivity index (χ0n) is 18.1. The van der Waals surface area contributed by atoms with Gasteiger partial charge in [0.2, 0.25) is 5.91 Å². The lowest BCUT2D eigenvalue weighted by Crippen LogP contribution is -2.39. The van der Waals surface area contributed by atoms with Gasteiger partial charge in [0.15, 0.2) is 0 Å². The summed E-state index contributed by atoms with van der Waals surface area (Å²) in [5.74, 6) is 0.508. The van der Waals surface area contributed by atoms with Crippen molar-refractivity contribution in [2.45, 2.75) is 49.7 Å². The molecule has 162 valence electrons. The Morgan fingerprint density at radius 1 is 1.23 bits per heavy atom. The Labute approximate surface area is 187 Å². The van der Waals surface area contributed by atoms with Gasteiger partial charge in [0.25, 0.3) is 0 Å². The van der Waals surface area contributed by atoms with Crippen LogP contribution in [0.4, 0.5) is 5.69 Å². The third-order valence-electron chi connectivity index (χ3n) is 5.79. The van der Waals surface area contributed by atoms with Gasteiger partial charge in [0, 0.05) is 23.7 Å². The van der Waals surface area contributed by atoms with Crippen LogP contribution in [0.1, 0.15) is 43.4 Å². The predicted octanol–water partition coefficient (Wildman–Crippen LogP) is 3.97. The van der Waals surface area contributed by atoms with Crippen molar-refractivity contribution in [3.05, 3.63) is 66.0 Å². The summed E-state index contributed by atoms with van der Waals surface area (Å²) in [6, 6.07) is 16.4. The van der Waals surface area contributed by atoms with Crippen LogP contribution in [0.25, 0.3) is 0 Å². The lowest BCUT2D eigenvalue weighted by atomic mass is 10.0. The van der Waals surface area contributed by atoms with Crippen LogP contribution in [0, 0.1) is 0 Å². The van der Waals surface area contributed by atoms with Crippen molar-refractivity contribution in [2.75, 3.05) is 18.1 Å². The number of thioether (sulfide) groups is 1. The number of tetrazole rings is 1. The van der Waals surface area contributed by atoms with Gasteiger partial charge < -0.3 is 5.32 Å². The van der Waals surface area contributed by atoms with E-state index in [2.05, 4.69) is 63.9 Å². The number of benzene rings is 2. The molecule has 0 unspecified atom stereocenters. The molecule has 0 saturated carbocycles. The molecule has 0 spiro atoms. The number of hydrogen-bond donors (Lipinski definition) is 1. The van der Waals surface area contributed by atoms with Gasteiger partial charge in [0.05, 0.1) is 12.1 Å². The van der Waals surface area contributed by atoms with Gasteiger partial charge in [-0.05, 0) is 58.3 Å². The molecule has 1 aromatic heterocycles. The van der Waals surface area contributed by atoms with Crippen LogP contribution in [0.3, 0.4) is 0 Å². The van der Waals surface area contributed by atoms with E-state index in [1.165, 1.54) is 11.1 Å². The van der Waals surface area contributed by atoms with E-state index in [0.29, 0.717) is 18.9 Å². The van der Waals surface area contributed by atoms with Gasteiger partial charge in [-0.1, -0.05) is 44.2 Å². The Kier molecular flexibility index (Phi) is 6.67. The number of nitrogens with one attached hydrogen (secondary N) is 1. The van der Waals surface area contributed by atoms with E-state index in [9.17, 15) is 4.79 Å². The Hall–Kier alpha value is -2.71. The van der Waals surface area contributed by atoms with Crippen LogP contribution >= 0.6 is 11.8 Å². The molecule has 3 aromatic rings. The molecule has 1 aliphatic rings. The SMILES string of the molecule is CSc1cccc(NC(=O)[C@@H]2C[C@H](n3cnnn3)CN2Cc2ccc(C(C)C)cc2)c1. The molecule has 0 aliphatic carbocycles. The van der Waals surface area contributed by atoms with Gasteiger partial charge in [-0.2, -0.15) is 0 Å². The normalized spacial score (nSPS) is 19.1. The van der Waals surface area contributed by atoms with E-state index in [4.69, 9.17) is 0 Å². The van der Waals surface area contributed by atoms with E-state index in [-0.39, 0.29) is 18.0 Å². The summed E-state index contributed by atoms with van der Waals surface area (Å²) in [6.07, 6.45) is 4.33. The van der Waals surface area contributed by atoms with Crippen LogP contribution in [0.5, 0.6) is 0 Å². The first kappa shape index (κ1) is 21.5. The minimum absolute atomic E-state index is 0.00706. The summed E-state index contributed by atoms with van der Waals surface area (Å²) >= 11 is 1.66. The average Bonchev–Trinajstić information content (AvgIpc) is 3.44. The highest BCUT2D eigenvalue weighted by atomic mass is 32.2. The third-order valence-corrected chi connectivity index (χ3v) is 6.52. The fraction of sp³-hybridized carbons (Fsp3) is 0.391. The zero-order chi connectivity index (χ0) is 21.8. The summed E-state index contributed by atoms with van der Waals surface area (Å²) < 4.78 is 1.76. The van der Waals surface area contributed by atoms with Gasteiger partial charge in [-0.25, -0.2) is 4.68 Å². The standard InChI is InChI=1S/C23H28N6OS/c1-16(2)18-9-7-17(8-10-18)13-28-14-20(29-15-24-26-27-29)12-22(28)23(30)25-19-5-4-6-21(11-19)31-3/h4-11,15-16,20,22H,12-14H2,1-3H3,(H,25,30)/t20-,22-/m0/s1. The summed E-state index contributed by atoms with van der Waals surface area (Å²) in [5, 5.41) is 14.7. The van der Waals surface area contributed by atoms with E-state index in [1.54, 1.807) is 22.8 Å². The predicted molar refractivity (Wildman–Crippen MR) is 123 cm³/mol. The van der Waals surface area contributed by atoms with Crippen molar-refractivity contribution < 1.29 is 4.79 Å². The number of aromatic nitrogens is 4. The number of nitrogens with zero attached hydrogens (tertiary/aromatic N) is 5. The van der Waals surface area contributed by atoms with Crippen molar-refractivity contribution in [3.8, 4) is 0 Å². The van der Waals surface area contributed by atoms with E-state index in [1.807, 2.05) is 30.5 Å². The van der Waals surface area contributed by atoms with Crippen LogP contribution in [-0.2, 0) is 11.3 Å². The smallest absolute Gasteiger partial charge is 0.241 e. The second-order valence-corrected chi connectivity index (χ2v) is 9.12. The summed E-state index contributed by atoms with van der Waals surface area (Å²) in [7, 11) is 0. The minimum Gasteiger partial charge on any atom is -0.325 e. The van der Waals surface area contributed by atoms with Crippen molar-refractivity contribution in [1.82, 2.24) is 25.1 Å². The largest absolute Gasteiger partial charge is 0.325 e. The van der Waals surface area contributed by atoms with Gasteiger partial charge in [0.1, 0.15) is 6.33 Å². The van der Waals surface area contributed by atoms with Gasteiger partial charge >= 0.3 is 0 Å². The molecule has 1 saturated heterocycles. The van der Waals surface area contributed by atoms with Gasteiger partial charge in [-0.3, -0.25) is 9.69 Å². The van der Waals surface area contributed by atoms with Crippen molar-refractivity contribution in [1.29, 1.82) is 0 Å². The van der Waals surface area contributed by atoms with Crippen molar-refractivity contribution in [2.24, 2.45) is 0 Å². The number of anilines is 1. The molecule has 1 fully saturated rings. The molecule has 4 rings (SSSR count). The fourth-order valence-corrected chi connectivity index (χ4v) is 4.48. The van der Waals surface area contributed by atoms with E-state index in [0.717, 1.165) is 17.1 Å². The fourth-order valence-electron chi connectivity index (χ4n) is 4.02. The number of hydrogen-bond acceptors (Lipinski definition) is 6. The molecule has 2 aromatic carbocycles. The number of rotatable bonds is 7. The Bertz CT molecular complexity index is 1010. The first-order valence-corrected chi connectivity index (χ1v) is 11.8. The molecule has 1 aliphatic heterocycles. The van der Waals surface area contributed by atoms with Crippen LogP contribution in [0.2, 0.25) is 0 Å². The number of likely N-dealkylation sites (tertiary alicyclic amines) is 1. The Balaban J connectivity index is 1.52. The molecule has 0 radical (unpaired) electrons. The summed E-state index contributed by atoms with van der Waals surface area (Å²) in [5.41, 5.74) is 3.34. The molecule has 31 heavy (non-hydrogen) atoms. The minimum atomic E-state index is -0.253. The molecule has 1 amide bonds. The highest BCUT2D eigenvalue weighted by Crippen LogP contribution is 2.30. The van der Waals surface area contributed by atoms with Crippen LogP contribution in [-0.4, -0.2) is 49.9 Å². The molecule has 8 heteroatoms. The first-order valence-electron chi connectivity index (χ1n) is 10.5. The zero-order valence-corrected chi connectivity index (χ0v) is 18.9. The molecule has 1 N–H and O–H groups in total. The molecular formula is C23H28N6OS. The maximum Gasteiger partial charge on any atom is 0.241 e. The summed E-state index contributed by atoms with van der Waals surface area (Å²) in [6.45, 7) is 5.82. The Morgan fingerprint density at radius 3 is 2.71 bits per heavy atom. The molecular weight excluding hydrogens is 408 g/mol. The van der Waals surface area contributed by atoms with Gasteiger partial charge in [-0.15, -0.1) is 16.9 Å². The first-order chi connectivity index (χ1) is 15.0. The maximum absolute atomic E-state index is 13.3. The lowest BCUT2D eigenvalue weighted by molar-refractivity contribution is -0.120. The second-order valence-electron chi connectivity index (χ2n) is 8.24. The number of carbonyl (C=O) groups excluding carboxylic acids is 1. The van der Waals surface area contributed by atoms with Crippen molar-refractivity contribution in [3.63, 3.8) is 0 Å². The number of amides is 1. The molecule has 0 bridgehead atoms. The molecule has 2 heterocycles. The highest BCUT2D eigenvalue weighted by molar-refractivity contribution is 7.98. The molecule has 2 atom stereocenters. The van der Waals surface area contributed by atoms with Crippen LogP contribution < -0.4 is 5.32 Å².